The van der Waals surface area contributed by atoms with E-state index in [-0.39, 0.29) is 18.5 Å². The molecule has 1 fully saturated rings. The van der Waals surface area contributed by atoms with Crippen LogP contribution in [0.2, 0.25) is 0 Å². The molecule has 2 rings (SSSR count). The molecule has 2 unspecified atom stereocenters. The Morgan fingerprint density at radius 1 is 1.26 bits per heavy atom. The smallest absolute Gasteiger partial charge is 0.315 e. The predicted molar refractivity (Wildman–Crippen MR) is 107 cm³/mol. The van der Waals surface area contributed by atoms with E-state index in [9.17, 15) is 9.59 Å². The standard InChI is InChI=1S/C21H33N3O3/c1-16(2)24-12-6-9-18(15-24)14-22-21(27)23-19(10-11-20(25)26)13-17-7-4-3-5-8-17/h3-5,7-8,16,18-19H,6,9-15H2,1-2H3,(H,25,26)(H2,22,23,27). The van der Waals surface area contributed by atoms with Gasteiger partial charge in [0.2, 0.25) is 0 Å². The first-order valence-corrected chi connectivity index (χ1v) is 9.98. The highest BCUT2D eigenvalue weighted by Crippen LogP contribution is 2.17. The maximum Gasteiger partial charge on any atom is 0.315 e. The quantitative estimate of drug-likeness (QED) is 0.620. The van der Waals surface area contributed by atoms with Crippen molar-refractivity contribution in [2.45, 2.75) is 58.0 Å². The van der Waals surface area contributed by atoms with Crippen LogP contribution in [0.25, 0.3) is 0 Å². The third kappa shape index (κ3) is 7.99. The van der Waals surface area contributed by atoms with Crippen LogP contribution in [0.3, 0.4) is 0 Å². The first-order chi connectivity index (χ1) is 12.9. The van der Waals surface area contributed by atoms with Gasteiger partial charge in [-0.3, -0.25) is 4.79 Å². The highest BCUT2D eigenvalue weighted by molar-refractivity contribution is 5.74. The topological polar surface area (TPSA) is 81.7 Å². The van der Waals surface area contributed by atoms with Crippen LogP contribution >= 0.6 is 0 Å². The normalized spacial score (nSPS) is 18.9. The molecule has 0 radical (unpaired) electrons. The minimum Gasteiger partial charge on any atom is -0.481 e. The van der Waals surface area contributed by atoms with Gasteiger partial charge in [0.15, 0.2) is 0 Å². The van der Waals surface area contributed by atoms with Crippen molar-refractivity contribution in [3.05, 3.63) is 35.9 Å². The van der Waals surface area contributed by atoms with E-state index in [1.165, 1.54) is 6.42 Å². The lowest BCUT2D eigenvalue weighted by Gasteiger charge is -2.35. The van der Waals surface area contributed by atoms with Gasteiger partial charge in [-0.25, -0.2) is 4.79 Å². The monoisotopic (exact) mass is 375 g/mol. The van der Waals surface area contributed by atoms with E-state index in [2.05, 4.69) is 29.4 Å². The molecular formula is C21H33N3O3. The molecule has 6 heteroatoms. The second kappa shape index (κ2) is 10.9. The Kier molecular flexibility index (Phi) is 8.58. The van der Waals surface area contributed by atoms with Gasteiger partial charge in [0.25, 0.3) is 0 Å². The van der Waals surface area contributed by atoms with E-state index in [4.69, 9.17) is 5.11 Å². The molecule has 1 aromatic carbocycles. The SMILES string of the molecule is CC(C)N1CCCC(CNC(=O)NC(CCC(=O)O)Cc2ccccc2)C1. The van der Waals surface area contributed by atoms with Gasteiger partial charge in [0.05, 0.1) is 0 Å². The Bertz CT molecular complexity index is 592. The van der Waals surface area contributed by atoms with Crippen molar-refractivity contribution >= 4 is 12.0 Å². The summed E-state index contributed by atoms with van der Waals surface area (Å²) in [4.78, 5) is 25.7. The lowest BCUT2D eigenvalue weighted by molar-refractivity contribution is -0.137. The Labute approximate surface area is 162 Å². The van der Waals surface area contributed by atoms with Crippen molar-refractivity contribution in [2.75, 3.05) is 19.6 Å². The molecule has 0 saturated carbocycles. The first kappa shape index (κ1) is 21.2. The molecule has 150 valence electrons. The number of carbonyl (C=O) groups excluding carboxylic acids is 1. The van der Waals surface area contributed by atoms with Crippen LogP contribution in [0.5, 0.6) is 0 Å². The van der Waals surface area contributed by atoms with Crippen LogP contribution in [0.15, 0.2) is 30.3 Å². The van der Waals surface area contributed by atoms with Crippen LogP contribution in [-0.2, 0) is 11.2 Å². The molecule has 1 aromatic rings. The van der Waals surface area contributed by atoms with Gasteiger partial charge in [0, 0.05) is 31.6 Å². The predicted octanol–water partition coefficient (Wildman–Crippen LogP) is 2.88. The molecule has 6 nitrogen and oxygen atoms in total. The summed E-state index contributed by atoms with van der Waals surface area (Å²) in [5, 5.41) is 14.9. The number of aliphatic carboxylic acids is 1. The summed E-state index contributed by atoms with van der Waals surface area (Å²) in [7, 11) is 0. The van der Waals surface area contributed by atoms with Gasteiger partial charge in [0.1, 0.15) is 0 Å². The second-order valence-corrected chi connectivity index (χ2v) is 7.77. The lowest BCUT2D eigenvalue weighted by Crippen LogP contribution is -2.47. The van der Waals surface area contributed by atoms with Gasteiger partial charge >= 0.3 is 12.0 Å². The Morgan fingerprint density at radius 2 is 2.00 bits per heavy atom. The number of carboxylic acids is 1. The average molecular weight is 376 g/mol. The number of urea groups is 1. The molecular weight excluding hydrogens is 342 g/mol. The summed E-state index contributed by atoms with van der Waals surface area (Å²) < 4.78 is 0. The van der Waals surface area contributed by atoms with Gasteiger partial charge in [-0.1, -0.05) is 30.3 Å². The highest BCUT2D eigenvalue weighted by Gasteiger charge is 2.22. The Hall–Kier alpha value is -2.08. The Balaban J connectivity index is 1.82. The number of hydrogen-bond acceptors (Lipinski definition) is 3. The fourth-order valence-corrected chi connectivity index (χ4v) is 3.63. The minimum atomic E-state index is -0.841. The van der Waals surface area contributed by atoms with Gasteiger partial charge < -0.3 is 20.6 Å². The van der Waals surface area contributed by atoms with Crippen molar-refractivity contribution in [2.24, 2.45) is 5.92 Å². The fraction of sp³-hybridized carbons (Fsp3) is 0.619. The molecule has 0 bridgehead atoms. The van der Waals surface area contributed by atoms with Crippen molar-refractivity contribution in [3.8, 4) is 0 Å². The summed E-state index contributed by atoms with van der Waals surface area (Å²) in [6.45, 7) is 7.23. The molecule has 1 aliphatic heterocycles. The van der Waals surface area contributed by atoms with Gasteiger partial charge in [-0.2, -0.15) is 0 Å². The zero-order chi connectivity index (χ0) is 19.6. The zero-order valence-electron chi connectivity index (χ0n) is 16.5. The van der Waals surface area contributed by atoms with E-state index in [0.29, 0.717) is 31.3 Å². The van der Waals surface area contributed by atoms with Crippen LogP contribution in [-0.4, -0.2) is 53.7 Å². The molecule has 1 heterocycles. The number of piperidine rings is 1. The number of amides is 2. The highest BCUT2D eigenvalue weighted by atomic mass is 16.4. The van der Waals surface area contributed by atoms with E-state index < -0.39 is 5.97 Å². The second-order valence-electron chi connectivity index (χ2n) is 7.77. The Morgan fingerprint density at radius 3 is 2.67 bits per heavy atom. The van der Waals surface area contributed by atoms with Crippen molar-refractivity contribution in [1.82, 2.24) is 15.5 Å². The summed E-state index contributed by atoms with van der Waals surface area (Å²) in [5.74, 6) is -0.371. The number of nitrogens with one attached hydrogen (secondary N) is 2. The summed E-state index contributed by atoms with van der Waals surface area (Å²) in [6, 6.07) is 9.98. The van der Waals surface area contributed by atoms with Crippen molar-refractivity contribution < 1.29 is 14.7 Å². The van der Waals surface area contributed by atoms with Crippen LogP contribution in [0.1, 0.15) is 45.1 Å². The fourth-order valence-electron chi connectivity index (χ4n) is 3.63. The molecule has 0 aromatic heterocycles. The number of carbonyl (C=O) groups is 2. The number of nitrogens with zero attached hydrogens (tertiary/aromatic N) is 1. The van der Waals surface area contributed by atoms with Crippen molar-refractivity contribution in [3.63, 3.8) is 0 Å². The zero-order valence-corrected chi connectivity index (χ0v) is 16.5. The van der Waals surface area contributed by atoms with Crippen LogP contribution in [0, 0.1) is 5.92 Å². The number of benzene rings is 1. The maximum atomic E-state index is 12.4. The molecule has 27 heavy (non-hydrogen) atoms. The van der Waals surface area contributed by atoms with Gasteiger partial charge in [-0.15, -0.1) is 0 Å². The largest absolute Gasteiger partial charge is 0.481 e. The number of carboxylic acid groups (broad SMARTS) is 1. The third-order valence-corrected chi connectivity index (χ3v) is 5.20. The van der Waals surface area contributed by atoms with E-state index in [1.54, 1.807) is 0 Å². The molecule has 0 spiro atoms. The third-order valence-electron chi connectivity index (χ3n) is 5.20. The summed E-state index contributed by atoms with van der Waals surface area (Å²) in [5.41, 5.74) is 1.09. The lowest BCUT2D eigenvalue weighted by atomic mass is 9.97. The first-order valence-electron chi connectivity index (χ1n) is 9.98. The average Bonchev–Trinajstić information content (AvgIpc) is 2.65. The van der Waals surface area contributed by atoms with E-state index in [0.717, 1.165) is 25.1 Å². The number of likely N-dealkylation sites (tertiary alicyclic amines) is 1. The van der Waals surface area contributed by atoms with Crippen LogP contribution in [0.4, 0.5) is 4.79 Å². The molecule has 3 N–H and O–H groups in total. The molecule has 2 atom stereocenters. The maximum absolute atomic E-state index is 12.4. The number of rotatable bonds is 9. The molecule has 1 aliphatic rings. The molecule has 2 amide bonds. The molecule has 1 saturated heterocycles. The summed E-state index contributed by atoms with van der Waals surface area (Å²) >= 11 is 0. The van der Waals surface area contributed by atoms with Crippen molar-refractivity contribution in [1.29, 1.82) is 0 Å². The van der Waals surface area contributed by atoms with Gasteiger partial charge in [-0.05, 0) is 57.6 Å². The van der Waals surface area contributed by atoms with E-state index >= 15 is 0 Å². The summed E-state index contributed by atoms with van der Waals surface area (Å²) in [6.07, 6.45) is 3.40. The van der Waals surface area contributed by atoms with Crippen LogP contribution < -0.4 is 10.6 Å². The minimum absolute atomic E-state index is 0.0454. The number of hydrogen-bond donors (Lipinski definition) is 3. The van der Waals surface area contributed by atoms with E-state index in [1.807, 2.05) is 30.3 Å². The molecule has 0 aliphatic carbocycles.